The zero-order valence-corrected chi connectivity index (χ0v) is 13.4. The van der Waals surface area contributed by atoms with Crippen LogP contribution in [-0.4, -0.2) is 29.9 Å². The van der Waals surface area contributed by atoms with E-state index in [-0.39, 0.29) is 24.6 Å². The second-order valence-electron chi connectivity index (χ2n) is 5.84. The average molecular weight is 347 g/mol. The first kappa shape index (κ1) is 19.8. The van der Waals surface area contributed by atoms with Crippen molar-refractivity contribution in [2.24, 2.45) is 11.8 Å². The lowest BCUT2D eigenvalue weighted by Crippen LogP contribution is -2.34. The number of carbonyl (C=O) groups is 2. The maximum atomic E-state index is 12.0. The molecule has 1 unspecified atom stereocenters. The van der Waals surface area contributed by atoms with E-state index >= 15 is 0 Å². The highest BCUT2D eigenvalue weighted by Crippen LogP contribution is 2.22. The minimum absolute atomic E-state index is 0.0155. The van der Waals surface area contributed by atoms with Crippen LogP contribution in [0.15, 0.2) is 24.3 Å². The standard InChI is InChI=1S/C16H20F3NO4/c1-10(2)7-12(15(22)23)9-20-14(21)8-11-3-5-13(6-4-11)24-16(17,18)19/h3-6,10,12H,7-9H2,1-2H3,(H,20,21)(H,22,23). The molecular weight excluding hydrogens is 327 g/mol. The van der Waals surface area contributed by atoms with Crippen LogP contribution in [0.5, 0.6) is 5.75 Å². The van der Waals surface area contributed by atoms with E-state index in [1.807, 2.05) is 13.8 Å². The van der Waals surface area contributed by atoms with Gasteiger partial charge in [0.15, 0.2) is 0 Å². The molecule has 8 heteroatoms. The number of hydrogen-bond acceptors (Lipinski definition) is 3. The number of carbonyl (C=O) groups excluding carboxylic acids is 1. The maximum absolute atomic E-state index is 12.0. The largest absolute Gasteiger partial charge is 0.573 e. The van der Waals surface area contributed by atoms with E-state index in [9.17, 15) is 22.8 Å². The number of halogens is 3. The van der Waals surface area contributed by atoms with Crippen molar-refractivity contribution in [2.45, 2.75) is 33.1 Å². The molecule has 24 heavy (non-hydrogen) atoms. The van der Waals surface area contributed by atoms with Gasteiger partial charge in [0.05, 0.1) is 12.3 Å². The predicted molar refractivity (Wildman–Crippen MR) is 80.4 cm³/mol. The number of rotatable bonds is 8. The number of benzene rings is 1. The summed E-state index contributed by atoms with van der Waals surface area (Å²) in [7, 11) is 0. The van der Waals surface area contributed by atoms with Crippen LogP contribution < -0.4 is 10.1 Å². The molecule has 0 bridgehead atoms. The van der Waals surface area contributed by atoms with Crippen LogP contribution in [0.4, 0.5) is 13.2 Å². The molecule has 0 fully saturated rings. The van der Waals surface area contributed by atoms with Crippen LogP contribution in [0, 0.1) is 11.8 Å². The van der Waals surface area contributed by atoms with Crippen LogP contribution in [0.25, 0.3) is 0 Å². The summed E-state index contributed by atoms with van der Waals surface area (Å²) in [5.74, 6) is -2.22. The van der Waals surface area contributed by atoms with Gasteiger partial charge < -0.3 is 15.2 Å². The molecule has 1 aromatic rings. The molecule has 0 aliphatic carbocycles. The molecule has 1 aromatic carbocycles. The summed E-state index contributed by atoms with van der Waals surface area (Å²) in [6.07, 6.45) is -4.37. The van der Waals surface area contributed by atoms with Gasteiger partial charge in [-0.2, -0.15) is 0 Å². The van der Waals surface area contributed by atoms with Gasteiger partial charge in [-0.05, 0) is 30.0 Å². The number of amides is 1. The van der Waals surface area contributed by atoms with Crippen molar-refractivity contribution in [2.75, 3.05) is 6.54 Å². The fourth-order valence-corrected chi connectivity index (χ4v) is 2.13. The molecule has 0 radical (unpaired) electrons. The number of alkyl halides is 3. The van der Waals surface area contributed by atoms with Crippen LogP contribution in [0.2, 0.25) is 0 Å². The van der Waals surface area contributed by atoms with E-state index < -0.39 is 24.2 Å². The second kappa shape index (κ2) is 8.56. The molecular formula is C16H20F3NO4. The zero-order chi connectivity index (χ0) is 18.3. The molecule has 1 atom stereocenters. The molecule has 134 valence electrons. The molecule has 1 amide bonds. The van der Waals surface area contributed by atoms with Crippen LogP contribution in [0.3, 0.4) is 0 Å². The number of hydrogen-bond donors (Lipinski definition) is 2. The average Bonchev–Trinajstić information content (AvgIpc) is 2.43. The van der Waals surface area contributed by atoms with Crippen LogP contribution in [0.1, 0.15) is 25.8 Å². The third kappa shape index (κ3) is 7.85. The van der Waals surface area contributed by atoms with Crippen LogP contribution >= 0.6 is 0 Å². The van der Waals surface area contributed by atoms with Crippen molar-refractivity contribution >= 4 is 11.9 Å². The number of ether oxygens (including phenoxy) is 1. The lowest BCUT2D eigenvalue weighted by molar-refractivity contribution is -0.274. The van der Waals surface area contributed by atoms with E-state index in [1.165, 1.54) is 12.1 Å². The van der Waals surface area contributed by atoms with Crippen molar-refractivity contribution < 1.29 is 32.6 Å². The van der Waals surface area contributed by atoms with Gasteiger partial charge in [0.25, 0.3) is 0 Å². The smallest absolute Gasteiger partial charge is 0.481 e. The fourth-order valence-electron chi connectivity index (χ4n) is 2.13. The Kier molecular flexibility index (Phi) is 7.06. The van der Waals surface area contributed by atoms with E-state index in [1.54, 1.807) is 0 Å². The molecule has 2 N–H and O–H groups in total. The van der Waals surface area contributed by atoms with Crippen LogP contribution in [-0.2, 0) is 16.0 Å². The summed E-state index contributed by atoms with van der Waals surface area (Å²) in [5, 5.41) is 11.6. The second-order valence-corrected chi connectivity index (χ2v) is 5.84. The zero-order valence-electron chi connectivity index (χ0n) is 13.4. The minimum Gasteiger partial charge on any atom is -0.481 e. The van der Waals surface area contributed by atoms with Crippen molar-refractivity contribution in [3.63, 3.8) is 0 Å². The van der Waals surface area contributed by atoms with E-state index in [4.69, 9.17) is 5.11 Å². The Labute approximate surface area is 137 Å². The third-order valence-corrected chi connectivity index (χ3v) is 3.17. The maximum Gasteiger partial charge on any atom is 0.573 e. The molecule has 1 rings (SSSR count). The highest BCUT2D eigenvalue weighted by Gasteiger charge is 2.31. The monoisotopic (exact) mass is 347 g/mol. The summed E-state index contributed by atoms with van der Waals surface area (Å²) >= 11 is 0. The number of aliphatic carboxylic acids is 1. The Bertz CT molecular complexity index is 555. The fraction of sp³-hybridized carbons (Fsp3) is 0.500. The molecule has 5 nitrogen and oxygen atoms in total. The van der Waals surface area contributed by atoms with Gasteiger partial charge in [-0.1, -0.05) is 26.0 Å². The Morgan fingerprint density at radius 3 is 2.25 bits per heavy atom. The Hall–Kier alpha value is -2.25. The SMILES string of the molecule is CC(C)CC(CNC(=O)Cc1ccc(OC(F)(F)F)cc1)C(=O)O. The summed E-state index contributed by atoms with van der Waals surface area (Å²) < 4.78 is 39.9. The number of nitrogens with one attached hydrogen (secondary N) is 1. The van der Waals surface area contributed by atoms with Gasteiger partial charge in [0.1, 0.15) is 5.75 Å². The molecule has 0 aliphatic rings. The highest BCUT2D eigenvalue weighted by molar-refractivity contribution is 5.79. The Morgan fingerprint density at radius 2 is 1.79 bits per heavy atom. The predicted octanol–water partition coefficient (Wildman–Crippen LogP) is 2.99. The van der Waals surface area contributed by atoms with Gasteiger partial charge in [0, 0.05) is 6.54 Å². The van der Waals surface area contributed by atoms with Gasteiger partial charge >= 0.3 is 12.3 Å². The first-order valence-corrected chi connectivity index (χ1v) is 7.41. The van der Waals surface area contributed by atoms with Crippen molar-refractivity contribution in [1.29, 1.82) is 0 Å². The first-order chi connectivity index (χ1) is 11.1. The number of carboxylic acids is 1. The normalized spacial score (nSPS) is 12.8. The molecule has 0 aromatic heterocycles. The van der Waals surface area contributed by atoms with Crippen molar-refractivity contribution in [1.82, 2.24) is 5.32 Å². The summed E-state index contributed by atoms with van der Waals surface area (Å²) in [5.41, 5.74) is 0.498. The van der Waals surface area contributed by atoms with E-state index in [0.717, 1.165) is 12.1 Å². The number of carboxylic acid groups (broad SMARTS) is 1. The van der Waals surface area contributed by atoms with E-state index in [0.29, 0.717) is 12.0 Å². The van der Waals surface area contributed by atoms with Crippen molar-refractivity contribution in [3.05, 3.63) is 29.8 Å². The lowest BCUT2D eigenvalue weighted by atomic mass is 9.97. The molecule has 0 spiro atoms. The molecule has 0 saturated heterocycles. The third-order valence-electron chi connectivity index (χ3n) is 3.17. The van der Waals surface area contributed by atoms with Gasteiger partial charge in [-0.25, -0.2) is 0 Å². The van der Waals surface area contributed by atoms with E-state index in [2.05, 4.69) is 10.1 Å². The first-order valence-electron chi connectivity index (χ1n) is 7.41. The molecule has 0 heterocycles. The molecule has 0 aliphatic heterocycles. The highest BCUT2D eigenvalue weighted by atomic mass is 19.4. The quantitative estimate of drug-likeness (QED) is 0.758. The minimum atomic E-state index is -4.76. The summed E-state index contributed by atoms with van der Waals surface area (Å²) in [6.45, 7) is 3.80. The summed E-state index contributed by atoms with van der Waals surface area (Å²) in [6, 6.07) is 4.94. The molecule has 0 saturated carbocycles. The van der Waals surface area contributed by atoms with Crippen molar-refractivity contribution in [3.8, 4) is 5.75 Å². The lowest BCUT2D eigenvalue weighted by Gasteiger charge is -2.15. The Morgan fingerprint density at radius 1 is 1.21 bits per heavy atom. The van der Waals surface area contributed by atoms with Gasteiger partial charge in [0.2, 0.25) is 5.91 Å². The van der Waals surface area contributed by atoms with Gasteiger partial charge in [-0.15, -0.1) is 13.2 Å². The van der Waals surface area contributed by atoms with Gasteiger partial charge in [-0.3, -0.25) is 9.59 Å². The topological polar surface area (TPSA) is 75.6 Å². The Balaban J connectivity index is 2.51. The summed E-state index contributed by atoms with van der Waals surface area (Å²) in [4.78, 5) is 22.9.